The van der Waals surface area contributed by atoms with Crippen LogP contribution in [0.15, 0.2) is 29.6 Å². The summed E-state index contributed by atoms with van der Waals surface area (Å²) in [5.41, 5.74) is 1.69. The highest BCUT2D eigenvalue weighted by Gasteiger charge is 2.08. The molecule has 2 rings (SSSR count). The van der Waals surface area contributed by atoms with E-state index in [1.54, 1.807) is 35.6 Å². The van der Waals surface area contributed by atoms with Gasteiger partial charge in [0.25, 0.3) is 0 Å². The molecule has 0 aliphatic carbocycles. The van der Waals surface area contributed by atoms with Gasteiger partial charge in [-0.05, 0) is 19.1 Å². The molecule has 4 heteroatoms. The van der Waals surface area contributed by atoms with Crippen molar-refractivity contribution in [2.75, 3.05) is 0 Å². The van der Waals surface area contributed by atoms with Gasteiger partial charge in [-0.15, -0.1) is 11.3 Å². The molecule has 1 heterocycles. The van der Waals surface area contributed by atoms with Crippen molar-refractivity contribution in [3.8, 4) is 0 Å². The number of ketones is 1. The maximum absolute atomic E-state index is 11.9. The van der Waals surface area contributed by atoms with Crippen LogP contribution >= 0.6 is 22.9 Å². The molecule has 0 spiro atoms. The second-order valence-corrected chi connectivity index (χ2v) is 5.20. The Morgan fingerprint density at radius 3 is 2.94 bits per heavy atom. The Balaban J connectivity index is 1.98. The normalized spacial score (nSPS) is 10.5. The van der Waals surface area contributed by atoms with Gasteiger partial charge in [-0.3, -0.25) is 4.79 Å². The van der Waals surface area contributed by atoms with Gasteiger partial charge >= 0.3 is 0 Å². The number of rotatable bonds is 4. The maximum atomic E-state index is 11.9. The number of thiazole rings is 1. The molecule has 0 aliphatic rings. The molecule has 2 aromatic rings. The molecular weight excluding hydrogens is 254 g/mol. The summed E-state index contributed by atoms with van der Waals surface area (Å²) in [5.74, 6) is 0.111. The molecule has 0 radical (unpaired) electrons. The molecule has 0 saturated heterocycles. The summed E-state index contributed by atoms with van der Waals surface area (Å²) in [6.07, 6.45) is 1.18. The number of hydrogen-bond acceptors (Lipinski definition) is 3. The van der Waals surface area contributed by atoms with Crippen molar-refractivity contribution in [2.24, 2.45) is 0 Å². The van der Waals surface area contributed by atoms with Crippen molar-refractivity contribution in [1.82, 2.24) is 4.98 Å². The molecule has 0 saturated carbocycles. The van der Waals surface area contributed by atoms with E-state index in [-0.39, 0.29) is 5.78 Å². The zero-order valence-corrected chi connectivity index (χ0v) is 11.0. The summed E-state index contributed by atoms with van der Waals surface area (Å²) in [6, 6.07) is 7.06. The average Bonchev–Trinajstić information content (AvgIpc) is 2.72. The summed E-state index contributed by atoms with van der Waals surface area (Å²) in [5, 5.41) is 3.61. The van der Waals surface area contributed by atoms with Crippen LogP contribution in [0.4, 0.5) is 0 Å². The minimum atomic E-state index is 0.111. The van der Waals surface area contributed by atoms with Crippen LogP contribution in [0.1, 0.15) is 27.5 Å². The first-order chi connectivity index (χ1) is 8.15. The predicted octanol–water partition coefficient (Wildman–Crippen LogP) is 3.92. The zero-order valence-electron chi connectivity index (χ0n) is 9.44. The van der Waals surface area contributed by atoms with Crippen LogP contribution < -0.4 is 0 Å². The number of hydrogen-bond donors (Lipinski definition) is 0. The molecule has 17 heavy (non-hydrogen) atoms. The summed E-state index contributed by atoms with van der Waals surface area (Å²) >= 11 is 7.45. The van der Waals surface area contributed by atoms with E-state index in [1.165, 1.54) is 0 Å². The Bertz CT molecular complexity index is 536. The number of nitrogens with zero attached hydrogens (tertiary/aromatic N) is 1. The van der Waals surface area contributed by atoms with Gasteiger partial charge in [-0.2, -0.15) is 0 Å². The molecule has 0 fully saturated rings. The fraction of sp³-hybridized carbons (Fsp3) is 0.231. The van der Waals surface area contributed by atoms with Crippen LogP contribution in [-0.4, -0.2) is 10.8 Å². The van der Waals surface area contributed by atoms with Gasteiger partial charge in [0.15, 0.2) is 5.78 Å². The summed E-state index contributed by atoms with van der Waals surface area (Å²) in [7, 11) is 0. The van der Waals surface area contributed by atoms with Crippen LogP contribution in [0.25, 0.3) is 0 Å². The summed E-state index contributed by atoms with van der Waals surface area (Å²) in [6.45, 7) is 1.96. The van der Waals surface area contributed by atoms with E-state index in [9.17, 15) is 4.79 Å². The first-order valence-electron chi connectivity index (χ1n) is 5.35. The fourth-order valence-corrected chi connectivity index (χ4v) is 2.51. The van der Waals surface area contributed by atoms with Crippen molar-refractivity contribution in [1.29, 1.82) is 0 Å². The Hall–Kier alpha value is -1.19. The summed E-state index contributed by atoms with van der Waals surface area (Å²) < 4.78 is 0. The van der Waals surface area contributed by atoms with E-state index in [4.69, 9.17) is 11.6 Å². The first kappa shape index (κ1) is 12.3. The smallest absolute Gasteiger partial charge is 0.163 e. The van der Waals surface area contributed by atoms with Crippen LogP contribution in [0.2, 0.25) is 5.02 Å². The molecular formula is C13H12ClNOS. The lowest BCUT2D eigenvalue weighted by Gasteiger charge is -2.00. The molecule has 1 aromatic heterocycles. The minimum Gasteiger partial charge on any atom is -0.294 e. The lowest BCUT2D eigenvalue weighted by Crippen LogP contribution is -2.00. The van der Waals surface area contributed by atoms with E-state index < -0.39 is 0 Å². The highest BCUT2D eigenvalue weighted by molar-refractivity contribution is 7.09. The average molecular weight is 266 g/mol. The number of carbonyl (C=O) groups excluding carboxylic acids is 1. The second-order valence-electron chi connectivity index (χ2n) is 3.82. The third-order valence-corrected chi connectivity index (χ3v) is 3.64. The molecule has 0 unspecified atom stereocenters. The monoisotopic (exact) mass is 265 g/mol. The Kier molecular flexibility index (Phi) is 3.92. The number of carbonyl (C=O) groups is 1. The highest BCUT2D eigenvalue weighted by atomic mass is 35.5. The Morgan fingerprint density at radius 2 is 2.29 bits per heavy atom. The van der Waals surface area contributed by atoms with Crippen molar-refractivity contribution in [3.05, 3.63) is 50.9 Å². The quantitative estimate of drug-likeness (QED) is 0.785. The van der Waals surface area contributed by atoms with E-state index >= 15 is 0 Å². The molecule has 88 valence electrons. The van der Waals surface area contributed by atoms with Crippen LogP contribution in [0, 0.1) is 6.92 Å². The number of aromatic nitrogens is 1. The SMILES string of the molecule is Cc1csc(CCC(=O)c2cccc(Cl)c2)n1. The lowest BCUT2D eigenvalue weighted by molar-refractivity contribution is 0.0983. The Morgan fingerprint density at radius 1 is 1.47 bits per heavy atom. The Labute approximate surface area is 109 Å². The van der Waals surface area contributed by atoms with E-state index in [0.717, 1.165) is 10.7 Å². The third-order valence-electron chi connectivity index (χ3n) is 2.38. The van der Waals surface area contributed by atoms with E-state index in [1.807, 2.05) is 12.3 Å². The molecule has 0 aliphatic heterocycles. The largest absolute Gasteiger partial charge is 0.294 e. The van der Waals surface area contributed by atoms with Gasteiger partial charge in [0.2, 0.25) is 0 Å². The number of halogens is 1. The van der Waals surface area contributed by atoms with E-state index in [2.05, 4.69) is 4.98 Å². The summed E-state index contributed by atoms with van der Waals surface area (Å²) in [4.78, 5) is 16.2. The van der Waals surface area contributed by atoms with Crippen molar-refractivity contribution < 1.29 is 4.79 Å². The van der Waals surface area contributed by atoms with E-state index in [0.29, 0.717) is 23.4 Å². The molecule has 0 bridgehead atoms. The van der Waals surface area contributed by atoms with Gasteiger partial charge < -0.3 is 0 Å². The van der Waals surface area contributed by atoms with Gasteiger partial charge in [0.05, 0.1) is 5.01 Å². The lowest BCUT2D eigenvalue weighted by atomic mass is 10.1. The first-order valence-corrected chi connectivity index (χ1v) is 6.60. The number of Topliss-reactive ketones (excluding diaryl/α,β-unsaturated/α-hetero) is 1. The van der Waals surface area contributed by atoms with Crippen molar-refractivity contribution >= 4 is 28.7 Å². The van der Waals surface area contributed by atoms with Crippen molar-refractivity contribution in [3.63, 3.8) is 0 Å². The fourth-order valence-electron chi connectivity index (χ4n) is 1.54. The van der Waals surface area contributed by atoms with Gasteiger partial charge in [0, 0.05) is 34.5 Å². The standard InChI is InChI=1S/C13H12ClNOS/c1-9-8-17-13(15-9)6-5-12(16)10-3-2-4-11(14)7-10/h2-4,7-8H,5-6H2,1H3. The molecule has 2 nitrogen and oxygen atoms in total. The zero-order chi connectivity index (χ0) is 12.3. The number of aryl methyl sites for hydroxylation is 2. The topological polar surface area (TPSA) is 30.0 Å². The predicted molar refractivity (Wildman–Crippen MR) is 71.0 cm³/mol. The molecule has 0 N–H and O–H groups in total. The van der Waals surface area contributed by atoms with Gasteiger partial charge in [0.1, 0.15) is 0 Å². The van der Waals surface area contributed by atoms with Crippen LogP contribution in [0.3, 0.4) is 0 Å². The third kappa shape index (κ3) is 3.38. The van der Waals surface area contributed by atoms with Crippen molar-refractivity contribution in [2.45, 2.75) is 19.8 Å². The van der Waals surface area contributed by atoms with Crippen LogP contribution in [-0.2, 0) is 6.42 Å². The molecule has 1 aromatic carbocycles. The highest BCUT2D eigenvalue weighted by Crippen LogP contribution is 2.15. The number of benzene rings is 1. The second kappa shape index (κ2) is 5.43. The molecule has 0 atom stereocenters. The maximum Gasteiger partial charge on any atom is 0.163 e. The minimum absolute atomic E-state index is 0.111. The van der Waals surface area contributed by atoms with Gasteiger partial charge in [-0.1, -0.05) is 23.7 Å². The van der Waals surface area contributed by atoms with Gasteiger partial charge in [-0.25, -0.2) is 4.98 Å². The molecule has 0 amide bonds. The van der Waals surface area contributed by atoms with Crippen LogP contribution in [0.5, 0.6) is 0 Å².